The molecule has 2 amide bonds. The number of nitrogens with zero attached hydrogens (tertiary/aromatic N) is 2. The Labute approximate surface area is 188 Å². The lowest BCUT2D eigenvalue weighted by Gasteiger charge is -2.17. The van der Waals surface area contributed by atoms with Crippen LogP contribution in [0.1, 0.15) is 32.8 Å². The van der Waals surface area contributed by atoms with Crippen molar-refractivity contribution in [2.24, 2.45) is 5.41 Å². The fourth-order valence-electron chi connectivity index (χ4n) is 3.11. The molecule has 0 radical (unpaired) electrons. The van der Waals surface area contributed by atoms with Gasteiger partial charge in [-0.3, -0.25) is 9.59 Å². The smallest absolute Gasteiger partial charge is 0.229 e. The molecule has 0 aliphatic rings. The summed E-state index contributed by atoms with van der Waals surface area (Å²) in [5, 5.41) is 5.69. The van der Waals surface area contributed by atoms with Crippen molar-refractivity contribution in [3.63, 3.8) is 0 Å². The summed E-state index contributed by atoms with van der Waals surface area (Å²) in [6.07, 6.45) is 2.05. The van der Waals surface area contributed by atoms with Crippen LogP contribution in [0.4, 0.5) is 11.5 Å². The maximum absolute atomic E-state index is 12.5. The first-order valence-corrected chi connectivity index (χ1v) is 10.4. The van der Waals surface area contributed by atoms with E-state index < -0.39 is 0 Å². The van der Waals surface area contributed by atoms with Gasteiger partial charge in [0.25, 0.3) is 0 Å². The van der Waals surface area contributed by atoms with Gasteiger partial charge < -0.3 is 15.4 Å². The Hall–Kier alpha value is -3.74. The number of aromatic nitrogens is 2. The number of anilines is 2. The first-order chi connectivity index (χ1) is 15.2. The van der Waals surface area contributed by atoms with Gasteiger partial charge in [-0.05, 0) is 47.4 Å². The molecule has 0 atom stereocenters. The summed E-state index contributed by atoms with van der Waals surface area (Å²) < 4.78 is 5.17. The Morgan fingerprint density at radius 3 is 2.22 bits per heavy atom. The number of ether oxygens (including phenoxy) is 1. The highest BCUT2D eigenvalue weighted by Crippen LogP contribution is 2.22. The Balaban J connectivity index is 1.58. The van der Waals surface area contributed by atoms with Crippen LogP contribution in [0.5, 0.6) is 5.75 Å². The van der Waals surface area contributed by atoms with E-state index in [1.807, 2.05) is 57.2 Å². The molecule has 0 fully saturated rings. The Kier molecular flexibility index (Phi) is 7.20. The van der Waals surface area contributed by atoms with E-state index in [0.29, 0.717) is 23.6 Å². The molecule has 0 saturated carbocycles. The maximum Gasteiger partial charge on any atom is 0.229 e. The van der Waals surface area contributed by atoms with Crippen LogP contribution in [0.3, 0.4) is 0 Å². The molecule has 0 aliphatic carbocycles. The van der Waals surface area contributed by atoms with E-state index >= 15 is 0 Å². The van der Waals surface area contributed by atoms with E-state index in [9.17, 15) is 9.59 Å². The van der Waals surface area contributed by atoms with Crippen LogP contribution in [0.15, 0.2) is 60.9 Å². The van der Waals surface area contributed by atoms with Crippen molar-refractivity contribution in [2.75, 3.05) is 17.7 Å². The standard InChI is InChI=1S/C25H28N4O3/c1-25(2,3)15-24(31)28-19-9-5-17(6-10-19)13-23(30)29-22-14-21(26-16-27-22)18-7-11-20(32-4)12-8-18/h5-12,14,16H,13,15H2,1-4H3,(H,28,31)(H,26,27,29,30). The summed E-state index contributed by atoms with van der Waals surface area (Å²) in [4.78, 5) is 33.0. The molecule has 1 aromatic heterocycles. The van der Waals surface area contributed by atoms with Gasteiger partial charge in [-0.15, -0.1) is 0 Å². The number of rotatable bonds is 7. The lowest BCUT2D eigenvalue weighted by Crippen LogP contribution is -2.19. The highest BCUT2D eigenvalue weighted by Gasteiger charge is 2.16. The number of nitrogens with one attached hydrogen (secondary N) is 2. The molecule has 2 N–H and O–H groups in total. The van der Waals surface area contributed by atoms with Crippen LogP contribution in [0, 0.1) is 5.41 Å². The van der Waals surface area contributed by atoms with Crippen molar-refractivity contribution in [1.29, 1.82) is 0 Å². The summed E-state index contributed by atoms with van der Waals surface area (Å²) in [6, 6.07) is 16.5. The predicted octanol–water partition coefficient (Wildman–Crippen LogP) is 4.71. The van der Waals surface area contributed by atoms with Crippen molar-refractivity contribution in [1.82, 2.24) is 9.97 Å². The normalized spacial score (nSPS) is 11.0. The molecule has 0 unspecified atom stereocenters. The molecule has 7 heteroatoms. The van der Waals surface area contributed by atoms with Gasteiger partial charge in [-0.2, -0.15) is 0 Å². The first kappa shape index (κ1) is 22.9. The summed E-state index contributed by atoms with van der Waals surface area (Å²) in [7, 11) is 1.62. The summed E-state index contributed by atoms with van der Waals surface area (Å²) in [5.41, 5.74) is 3.07. The SMILES string of the molecule is COc1ccc(-c2cc(NC(=O)Cc3ccc(NC(=O)CC(C)(C)C)cc3)ncn2)cc1. The molecule has 3 aromatic rings. The van der Waals surface area contributed by atoms with Gasteiger partial charge in [0, 0.05) is 23.7 Å². The van der Waals surface area contributed by atoms with Crippen molar-refractivity contribution in [3.8, 4) is 17.0 Å². The summed E-state index contributed by atoms with van der Waals surface area (Å²) >= 11 is 0. The van der Waals surface area contributed by atoms with Crippen LogP contribution in [0.25, 0.3) is 11.3 Å². The third kappa shape index (κ3) is 6.91. The van der Waals surface area contributed by atoms with Gasteiger partial charge >= 0.3 is 0 Å². The molecular weight excluding hydrogens is 404 g/mol. The molecule has 1 heterocycles. The molecule has 0 aliphatic heterocycles. The van der Waals surface area contributed by atoms with Gasteiger partial charge in [0.2, 0.25) is 11.8 Å². The Morgan fingerprint density at radius 2 is 1.59 bits per heavy atom. The lowest BCUT2D eigenvalue weighted by molar-refractivity contribution is -0.118. The van der Waals surface area contributed by atoms with Crippen molar-refractivity contribution >= 4 is 23.3 Å². The maximum atomic E-state index is 12.5. The van der Waals surface area contributed by atoms with Crippen molar-refractivity contribution in [2.45, 2.75) is 33.6 Å². The molecule has 7 nitrogen and oxygen atoms in total. The second kappa shape index (κ2) is 10.0. The minimum Gasteiger partial charge on any atom is -0.497 e. The number of amides is 2. The van der Waals surface area contributed by atoms with E-state index in [2.05, 4.69) is 20.6 Å². The molecule has 3 rings (SSSR count). The zero-order valence-corrected chi connectivity index (χ0v) is 18.8. The third-order valence-corrected chi connectivity index (χ3v) is 4.61. The summed E-state index contributed by atoms with van der Waals surface area (Å²) in [6.45, 7) is 6.06. The molecule has 2 aromatic carbocycles. The third-order valence-electron chi connectivity index (χ3n) is 4.61. The van der Waals surface area contributed by atoms with E-state index in [0.717, 1.165) is 16.9 Å². The molecule has 0 saturated heterocycles. The van der Waals surface area contributed by atoms with Gasteiger partial charge in [0.1, 0.15) is 17.9 Å². The number of hydrogen-bond donors (Lipinski definition) is 2. The number of methoxy groups -OCH3 is 1. The van der Waals surface area contributed by atoms with E-state index in [1.165, 1.54) is 6.33 Å². The van der Waals surface area contributed by atoms with Gasteiger partial charge in [-0.1, -0.05) is 32.9 Å². The number of carbonyl (C=O) groups excluding carboxylic acids is 2. The van der Waals surface area contributed by atoms with Crippen LogP contribution in [-0.4, -0.2) is 28.9 Å². The van der Waals surface area contributed by atoms with Crippen LogP contribution in [-0.2, 0) is 16.0 Å². The number of hydrogen-bond acceptors (Lipinski definition) is 5. The number of benzene rings is 2. The van der Waals surface area contributed by atoms with Crippen LogP contribution < -0.4 is 15.4 Å². The van der Waals surface area contributed by atoms with Gasteiger partial charge in [0.05, 0.1) is 19.2 Å². The highest BCUT2D eigenvalue weighted by molar-refractivity contribution is 5.92. The topological polar surface area (TPSA) is 93.2 Å². The molecule has 166 valence electrons. The second-order valence-corrected chi connectivity index (χ2v) is 8.72. The zero-order chi connectivity index (χ0) is 23.1. The van der Waals surface area contributed by atoms with Gasteiger partial charge in [0.15, 0.2) is 0 Å². The van der Waals surface area contributed by atoms with Crippen LogP contribution in [0.2, 0.25) is 0 Å². The average molecular weight is 433 g/mol. The first-order valence-electron chi connectivity index (χ1n) is 10.4. The quantitative estimate of drug-likeness (QED) is 0.564. The monoisotopic (exact) mass is 432 g/mol. The lowest BCUT2D eigenvalue weighted by atomic mass is 9.92. The molecule has 0 spiro atoms. The van der Waals surface area contributed by atoms with Gasteiger partial charge in [-0.25, -0.2) is 9.97 Å². The van der Waals surface area contributed by atoms with E-state index in [4.69, 9.17) is 4.74 Å². The van der Waals surface area contributed by atoms with Crippen molar-refractivity contribution in [3.05, 3.63) is 66.5 Å². The molecule has 32 heavy (non-hydrogen) atoms. The van der Waals surface area contributed by atoms with E-state index in [1.54, 1.807) is 25.3 Å². The fraction of sp³-hybridized carbons (Fsp3) is 0.280. The average Bonchev–Trinajstić information content (AvgIpc) is 2.74. The summed E-state index contributed by atoms with van der Waals surface area (Å²) in [5.74, 6) is 0.978. The van der Waals surface area contributed by atoms with Crippen LogP contribution >= 0.6 is 0 Å². The Morgan fingerprint density at radius 1 is 0.906 bits per heavy atom. The minimum atomic E-state index is -0.186. The largest absolute Gasteiger partial charge is 0.497 e. The minimum absolute atomic E-state index is 0.0283. The highest BCUT2D eigenvalue weighted by atomic mass is 16.5. The molecular formula is C25H28N4O3. The second-order valence-electron chi connectivity index (χ2n) is 8.72. The molecule has 0 bridgehead atoms. The van der Waals surface area contributed by atoms with Crippen molar-refractivity contribution < 1.29 is 14.3 Å². The zero-order valence-electron chi connectivity index (χ0n) is 18.8. The fourth-order valence-corrected chi connectivity index (χ4v) is 3.11. The predicted molar refractivity (Wildman–Crippen MR) is 125 cm³/mol. The number of carbonyl (C=O) groups is 2. The Bertz CT molecular complexity index is 1070. The van der Waals surface area contributed by atoms with E-state index in [-0.39, 0.29) is 23.7 Å².